The maximum Gasteiger partial charge on any atom is 1.00 e. The van der Waals surface area contributed by atoms with Crippen molar-refractivity contribution in [2.75, 3.05) is 5.32 Å². The summed E-state index contributed by atoms with van der Waals surface area (Å²) >= 11 is 0. The van der Waals surface area contributed by atoms with Crippen LogP contribution < -0.4 is 44.7 Å². The van der Waals surface area contributed by atoms with Crippen LogP contribution in [0.2, 0.25) is 0 Å². The van der Waals surface area contributed by atoms with E-state index in [1.807, 2.05) is 0 Å². The summed E-state index contributed by atoms with van der Waals surface area (Å²) in [6, 6.07) is 5.94. The molecule has 1 aromatic rings. The van der Waals surface area contributed by atoms with E-state index < -0.39 is 36.7 Å². The second kappa shape index (κ2) is 8.77. The number of benzene rings is 1. The van der Waals surface area contributed by atoms with E-state index in [9.17, 15) is 30.0 Å². The zero-order chi connectivity index (χ0) is 17.1. The zero-order valence-corrected chi connectivity index (χ0v) is 15.1. The second-order valence-corrected chi connectivity index (χ2v) is 5.04. The molecule has 0 aliphatic carbocycles. The summed E-state index contributed by atoms with van der Waals surface area (Å²) in [7, 11) is 0. The van der Waals surface area contributed by atoms with E-state index in [2.05, 4.69) is 5.32 Å². The van der Waals surface area contributed by atoms with Crippen LogP contribution in [0.25, 0.3) is 0 Å². The van der Waals surface area contributed by atoms with Gasteiger partial charge in [-0.1, -0.05) is 0 Å². The number of amides is 1. The van der Waals surface area contributed by atoms with E-state index in [4.69, 9.17) is 9.47 Å². The topological polar surface area (TPSA) is 148 Å². The molecule has 1 unspecified atom stereocenters. The first-order valence-electron chi connectivity index (χ1n) is 6.74. The maximum absolute atomic E-state index is 10.9. The molecule has 10 heteroatoms. The SMILES string of the molecule is CC(=O)N[14c]1[14cH][14cH][14c](OC2O[C@H](C(=O)[O-])[C@@H](O)[C@H](O)[C@H]2O)[14cH][14cH]1.[Na+]. The van der Waals surface area contributed by atoms with E-state index in [1.165, 1.54) is 31.2 Å². The van der Waals surface area contributed by atoms with Crippen LogP contribution in [-0.4, -0.2) is 57.9 Å². The first-order chi connectivity index (χ1) is 10.8. The van der Waals surface area contributed by atoms with Gasteiger partial charge in [0.15, 0.2) is 0 Å². The number of carboxylic acids is 1. The van der Waals surface area contributed by atoms with Crippen LogP contribution in [-0.2, 0) is 14.3 Å². The molecule has 4 N–H and O–H groups in total. The molecule has 1 aromatic carbocycles. The largest absolute Gasteiger partial charge is 1.00 e. The van der Waals surface area contributed by atoms with Gasteiger partial charge < -0.3 is 40.0 Å². The zero-order valence-electron chi connectivity index (χ0n) is 13.1. The summed E-state index contributed by atoms with van der Waals surface area (Å²) in [5, 5.41) is 42.4. The van der Waals surface area contributed by atoms with Crippen LogP contribution in [0, 0.1) is 0 Å². The summed E-state index contributed by atoms with van der Waals surface area (Å²) < 4.78 is 10.2. The summed E-state index contributed by atoms with van der Waals surface area (Å²) in [5.74, 6) is -1.79. The fraction of sp³-hybridized carbons (Fsp3) is 0.429. The van der Waals surface area contributed by atoms with Crippen LogP contribution in [0.3, 0.4) is 0 Å². The van der Waals surface area contributed by atoms with E-state index >= 15 is 0 Å². The van der Waals surface area contributed by atoms with Gasteiger partial charge in [0.2, 0.25) is 12.2 Å². The quantitative estimate of drug-likeness (QED) is 0.389. The van der Waals surface area contributed by atoms with Crippen LogP contribution in [0.5, 0.6) is 5.75 Å². The van der Waals surface area contributed by atoms with Gasteiger partial charge in [-0.15, -0.1) is 0 Å². The first kappa shape index (κ1) is 20.8. The molecule has 1 fully saturated rings. The van der Waals surface area contributed by atoms with Gasteiger partial charge in [0, 0.05) is 12.6 Å². The van der Waals surface area contributed by atoms with E-state index in [-0.39, 0.29) is 41.2 Å². The van der Waals surface area contributed by atoms with Crippen molar-refractivity contribution in [3.63, 3.8) is 0 Å². The van der Waals surface area contributed by atoms with Crippen molar-refractivity contribution in [1.29, 1.82) is 0 Å². The van der Waals surface area contributed by atoms with Crippen molar-refractivity contribution < 1.29 is 69.0 Å². The Hall–Kier alpha value is -1.20. The molecule has 1 aliphatic heterocycles. The molecule has 5 atom stereocenters. The number of carbonyl (C=O) groups excluding carboxylic acids is 2. The molecule has 126 valence electrons. The van der Waals surface area contributed by atoms with Crippen LogP contribution in [0.1, 0.15) is 6.92 Å². The Kier molecular flexibility index (Phi) is 7.61. The summed E-state index contributed by atoms with van der Waals surface area (Å²) in [5.41, 5.74) is 0.512. The second-order valence-electron chi connectivity index (χ2n) is 5.04. The molecule has 0 bridgehead atoms. The molecule has 0 radical (unpaired) electrons. The first-order valence-corrected chi connectivity index (χ1v) is 6.74. The smallest absolute Gasteiger partial charge is 0.547 e. The monoisotopic (exact) mass is 361 g/mol. The van der Waals surface area contributed by atoms with Crippen LogP contribution in [0.15, 0.2) is 24.3 Å². The fourth-order valence-corrected chi connectivity index (χ4v) is 2.09. The molecule has 9 nitrogen and oxygen atoms in total. The average molecular weight is 361 g/mol. The van der Waals surface area contributed by atoms with Gasteiger partial charge in [0.1, 0.15) is 30.2 Å². The minimum absolute atomic E-state index is 0. The Morgan fingerprint density at radius 2 is 1.71 bits per heavy atom. The molecule has 0 aromatic heterocycles. The maximum atomic E-state index is 10.9. The van der Waals surface area contributed by atoms with Gasteiger partial charge >= 0.3 is 29.6 Å². The number of aliphatic carboxylic acids is 1. The third-order valence-electron chi connectivity index (χ3n) is 3.23. The third-order valence-corrected chi connectivity index (χ3v) is 3.23. The fourth-order valence-electron chi connectivity index (χ4n) is 2.09. The Morgan fingerprint density at radius 3 is 2.21 bits per heavy atom. The third kappa shape index (κ3) is 4.90. The van der Waals surface area contributed by atoms with Crippen LogP contribution >= 0.6 is 0 Å². The number of aliphatic hydroxyl groups excluding tert-OH is 3. The number of carbonyl (C=O) groups is 2. The Labute approximate surface area is 159 Å². The number of hydrogen-bond acceptors (Lipinski definition) is 8. The molecule has 0 saturated carbocycles. The molecule has 0 spiro atoms. The predicted molar refractivity (Wildman–Crippen MR) is 73.1 cm³/mol. The molecule has 1 heterocycles. The van der Waals surface area contributed by atoms with Crippen molar-refractivity contribution in [2.45, 2.75) is 37.6 Å². The van der Waals surface area contributed by atoms with Crippen molar-refractivity contribution in [1.82, 2.24) is 0 Å². The number of anilines is 1. The Bertz CT molecular complexity index is 581. The van der Waals surface area contributed by atoms with Gasteiger partial charge in [0.05, 0.1) is 5.97 Å². The van der Waals surface area contributed by atoms with E-state index in [0.717, 1.165) is 0 Å². The molecular weight excluding hydrogens is 345 g/mol. The molecule has 1 aliphatic rings. The summed E-state index contributed by atoms with van der Waals surface area (Å²) in [6.07, 6.45) is -8.61. The van der Waals surface area contributed by atoms with Crippen molar-refractivity contribution in [3.8, 4) is 5.75 Å². The minimum Gasteiger partial charge on any atom is -0.547 e. The van der Waals surface area contributed by atoms with E-state index in [0.29, 0.717) is 5.69 Å². The van der Waals surface area contributed by atoms with Gasteiger partial charge in [0.25, 0.3) is 0 Å². The van der Waals surface area contributed by atoms with E-state index in [1.54, 1.807) is 0 Å². The van der Waals surface area contributed by atoms with Crippen molar-refractivity contribution in [2.24, 2.45) is 0 Å². The molecule has 1 amide bonds. The minimum atomic E-state index is -1.84. The van der Waals surface area contributed by atoms with Gasteiger partial charge in [-0.05, 0) is 24.3 Å². The normalized spacial score (nSPS) is 29.2. The number of aliphatic hydroxyl groups is 3. The average Bonchev–Trinajstić information content (AvgIpc) is 2.48. The number of carboxylic acid groups (broad SMARTS) is 1. The van der Waals surface area contributed by atoms with Gasteiger partial charge in [-0.3, -0.25) is 4.79 Å². The predicted octanol–water partition coefficient (Wildman–Crippen LogP) is -5.41. The summed E-state index contributed by atoms with van der Waals surface area (Å²) in [4.78, 5) is 21.8. The molecular formula is C14H16NNaO8. The number of ether oxygens (including phenoxy) is 2. The van der Waals surface area contributed by atoms with Gasteiger partial charge in [-0.2, -0.15) is 0 Å². The summed E-state index contributed by atoms with van der Waals surface area (Å²) in [6.45, 7) is 1.35. The number of rotatable bonds is 4. The molecule has 1 saturated heterocycles. The Morgan fingerprint density at radius 1 is 1.12 bits per heavy atom. The Balaban J connectivity index is 0.00000288. The molecule has 24 heavy (non-hydrogen) atoms. The standard InChI is InChI=1S/C14H17NO8.Na/c1-6(16)15-7-2-4-8(5-3-7)22-14-11(19)9(17)10(18)12(23-14)13(20)21;/h2-5,9-12,14,17-19H,1H3,(H,15,16)(H,20,21);/q;+1/p-1/t9-,10-,11+,12-,14?;/m0./s1/i2+2,3+2,4+2,5+2,7+2,8+2;. The molecule has 2 rings (SSSR count). The number of nitrogens with one attached hydrogen (secondary N) is 1. The van der Waals surface area contributed by atoms with Gasteiger partial charge in [-0.25, -0.2) is 0 Å². The van der Waals surface area contributed by atoms with Crippen molar-refractivity contribution in [3.05, 3.63) is 24.3 Å². The van der Waals surface area contributed by atoms with Crippen molar-refractivity contribution >= 4 is 17.6 Å². The van der Waals surface area contributed by atoms with Crippen LogP contribution in [0.4, 0.5) is 5.69 Å². The number of hydrogen-bond donors (Lipinski definition) is 4.